The molecule has 0 saturated heterocycles. The van der Waals surface area contributed by atoms with Gasteiger partial charge in [-0.05, 0) is 37.5 Å². The maximum Gasteiger partial charge on any atom is 0.114 e. The molecule has 0 fully saturated rings. The first-order valence-electron chi connectivity index (χ1n) is 5.03. The van der Waals surface area contributed by atoms with Crippen LogP contribution in [-0.2, 0) is 11.3 Å². The number of hydrogen-bond acceptors (Lipinski definition) is 2. The van der Waals surface area contributed by atoms with Crippen LogP contribution in [0.25, 0.3) is 0 Å². The average Bonchev–Trinajstić information content (AvgIpc) is 2.26. The molecular weight excluding hydrogens is 174 g/mol. The molecule has 0 atom stereocenters. The van der Waals surface area contributed by atoms with Crippen molar-refractivity contribution in [2.24, 2.45) is 5.16 Å². The van der Waals surface area contributed by atoms with Gasteiger partial charge in [-0.25, -0.2) is 0 Å². The number of benzene rings is 1. The van der Waals surface area contributed by atoms with Crippen molar-refractivity contribution in [1.82, 2.24) is 0 Å². The van der Waals surface area contributed by atoms with E-state index in [4.69, 9.17) is 4.84 Å². The van der Waals surface area contributed by atoms with Gasteiger partial charge in [0.15, 0.2) is 0 Å². The number of hydrogen-bond donors (Lipinski definition) is 0. The molecule has 0 unspecified atom stereocenters. The number of nitrogens with zero attached hydrogens (tertiary/aromatic N) is 1. The molecule has 0 amide bonds. The minimum atomic E-state index is 0.616. The Kier molecular flexibility index (Phi) is 4.17. The van der Waals surface area contributed by atoms with Gasteiger partial charge in [0.2, 0.25) is 0 Å². The van der Waals surface area contributed by atoms with Crippen molar-refractivity contribution in [3.63, 3.8) is 0 Å². The molecule has 0 aliphatic rings. The van der Waals surface area contributed by atoms with Crippen LogP contribution in [-0.4, -0.2) is 12.3 Å². The zero-order chi connectivity index (χ0) is 10.4. The topological polar surface area (TPSA) is 21.6 Å². The SMILES string of the molecule is CCON=C(C)c1cccc(CC)c1. The summed E-state index contributed by atoms with van der Waals surface area (Å²) in [7, 11) is 0. The fourth-order valence-corrected chi connectivity index (χ4v) is 1.23. The molecule has 0 saturated carbocycles. The Morgan fingerprint density at radius 2 is 2.14 bits per heavy atom. The fourth-order valence-electron chi connectivity index (χ4n) is 1.23. The molecule has 0 N–H and O–H groups in total. The van der Waals surface area contributed by atoms with Gasteiger partial charge in [-0.3, -0.25) is 0 Å². The molecule has 76 valence electrons. The minimum absolute atomic E-state index is 0.616. The Morgan fingerprint density at radius 1 is 1.36 bits per heavy atom. The standard InChI is InChI=1S/C12H17NO/c1-4-11-7-6-8-12(9-11)10(3)13-14-5-2/h6-9H,4-5H2,1-3H3. The maximum absolute atomic E-state index is 5.01. The van der Waals surface area contributed by atoms with E-state index < -0.39 is 0 Å². The van der Waals surface area contributed by atoms with Crippen molar-refractivity contribution in [2.45, 2.75) is 27.2 Å². The van der Waals surface area contributed by atoms with Crippen LogP contribution in [0.3, 0.4) is 0 Å². The van der Waals surface area contributed by atoms with Gasteiger partial charge in [0.25, 0.3) is 0 Å². The summed E-state index contributed by atoms with van der Waals surface area (Å²) >= 11 is 0. The van der Waals surface area contributed by atoms with E-state index >= 15 is 0 Å². The monoisotopic (exact) mass is 191 g/mol. The molecule has 1 rings (SSSR count). The number of aryl methyl sites for hydroxylation is 1. The number of oxime groups is 1. The largest absolute Gasteiger partial charge is 0.396 e. The molecular formula is C12H17NO. The van der Waals surface area contributed by atoms with Gasteiger partial charge in [0.05, 0.1) is 5.71 Å². The summed E-state index contributed by atoms with van der Waals surface area (Å²) in [6, 6.07) is 8.38. The van der Waals surface area contributed by atoms with Gasteiger partial charge in [-0.1, -0.05) is 30.3 Å². The van der Waals surface area contributed by atoms with E-state index in [1.54, 1.807) is 0 Å². The first-order valence-corrected chi connectivity index (χ1v) is 5.03. The Labute approximate surface area is 85.6 Å². The highest BCUT2D eigenvalue weighted by atomic mass is 16.6. The first-order chi connectivity index (χ1) is 6.77. The number of rotatable bonds is 4. The lowest BCUT2D eigenvalue weighted by atomic mass is 10.1. The molecule has 1 aromatic rings. The minimum Gasteiger partial charge on any atom is -0.396 e. The molecule has 0 radical (unpaired) electrons. The van der Waals surface area contributed by atoms with E-state index in [9.17, 15) is 0 Å². The van der Waals surface area contributed by atoms with E-state index in [-0.39, 0.29) is 0 Å². The van der Waals surface area contributed by atoms with Crippen LogP contribution < -0.4 is 0 Å². The summed E-state index contributed by atoms with van der Waals surface area (Å²) in [6.45, 7) is 6.66. The second kappa shape index (κ2) is 5.43. The van der Waals surface area contributed by atoms with Crippen molar-refractivity contribution >= 4 is 5.71 Å². The van der Waals surface area contributed by atoms with Gasteiger partial charge < -0.3 is 4.84 Å². The van der Waals surface area contributed by atoms with Crippen LogP contribution in [0.1, 0.15) is 31.9 Å². The van der Waals surface area contributed by atoms with Crippen molar-refractivity contribution in [1.29, 1.82) is 0 Å². The summed E-state index contributed by atoms with van der Waals surface area (Å²) in [4.78, 5) is 5.01. The molecule has 0 bridgehead atoms. The van der Waals surface area contributed by atoms with Crippen molar-refractivity contribution < 1.29 is 4.84 Å². The summed E-state index contributed by atoms with van der Waals surface area (Å²) < 4.78 is 0. The van der Waals surface area contributed by atoms with E-state index in [0.29, 0.717) is 6.61 Å². The fraction of sp³-hybridized carbons (Fsp3) is 0.417. The molecule has 1 aromatic carbocycles. The van der Waals surface area contributed by atoms with E-state index in [2.05, 4.69) is 36.3 Å². The summed E-state index contributed by atoms with van der Waals surface area (Å²) in [5.74, 6) is 0. The van der Waals surface area contributed by atoms with Crippen molar-refractivity contribution in [3.8, 4) is 0 Å². The third-order valence-electron chi connectivity index (χ3n) is 2.08. The van der Waals surface area contributed by atoms with Gasteiger partial charge in [0, 0.05) is 0 Å². The van der Waals surface area contributed by atoms with Gasteiger partial charge in [-0.2, -0.15) is 0 Å². The highest BCUT2D eigenvalue weighted by Gasteiger charge is 1.98. The molecule has 2 nitrogen and oxygen atoms in total. The molecule has 0 aromatic heterocycles. The predicted octanol–water partition coefficient (Wildman–Crippen LogP) is 3.01. The zero-order valence-electron chi connectivity index (χ0n) is 9.08. The van der Waals surface area contributed by atoms with E-state index in [0.717, 1.165) is 17.7 Å². The lowest BCUT2D eigenvalue weighted by Crippen LogP contribution is -1.97. The van der Waals surface area contributed by atoms with Crippen LogP contribution in [0.2, 0.25) is 0 Å². The first kappa shape index (κ1) is 10.8. The summed E-state index contributed by atoms with van der Waals surface area (Å²) in [5.41, 5.74) is 3.40. The van der Waals surface area contributed by atoms with Gasteiger partial charge in [0.1, 0.15) is 6.61 Å². The van der Waals surface area contributed by atoms with Gasteiger partial charge in [-0.15, -0.1) is 0 Å². The van der Waals surface area contributed by atoms with Crippen LogP contribution in [0.5, 0.6) is 0 Å². The van der Waals surface area contributed by atoms with Crippen LogP contribution >= 0.6 is 0 Å². The highest BCUT2D eigenvalue weighted by Crippen LogP contribution is 2.07. The molecule has 0 heterocycles. The second-order valence-corrected chi connectivity index (χ2v) is 3.15. The van der Waals surface area contributed by atoms with Crippen LogP contribution in [0.4, 0.5) is 0 Å². The quantitative estimate of drug-likeness (QED) is 0.529. The Morgan fingerprint density at radius 3 is 2.79 bits per heavy atom. The highest BCUT2D eigenvalue weighted by molar-refractivity contribution is 5.98. The Balaban J connectivity index is 2.84. The average molecular weight is 191 g/mol. The van der Waals surface area contributed by atoms with Crippen molar-refractivity contribution in [3.05, 3.63) is 35.4 Å². The molecule has 0 aliphatic carbocycles. The van der Waals surface area contributed by atoms with Crippen LogP contribution in [0.15, 0.2) is 29.4 Å². The smallest absolute Gasteiger partial charge is 0.114 e. The normalized spacial score (nSPS) is 11.5. The summed E-state index contributed by atoms with van der Waals surface area (Å²) in [6.07, 6.45) is 1.05. The van der Waals surface area contributed by atoms with Crippen molar-refractivity contribution in [2.75, 3.05) is 6.61 Å². The maximum atomic E-state index is 5.01. The Hall–Kier alpha value is -1.31. The van der Waals surface area contributed by atoms with Crippen LogP contribution in [0, 0.1) is 0 Å². The lowest BCUT2D eigenvalue weighted by Gasteiger charge is -2.02. The molecule has 0 spiro atoms. The lowest BCUT2D eigenvalue weighted by molar-refractivity contribution is 0.159. The Bertz CT molecular complexity index is 318. The van der Waals surface area contributed by atoms with Gasteiger partial charge >= 0.3 is 0 Å². The summed E-state index contributed by atoms with van der Waals surface area (Å²) in [5, 5.41) is 4.00. The molecule has 2 heteroatoms. The molecule has 14 heavy (non-hydrogen) atoms. The predicted molar refractivity (Wildman–Crippen MR) is 59.7 cm³/mol. The second-order valence-electron chi connectivity index (χ2n) is 3.15. The van der Waals surface area contributed by atoms with E-state index in [1.807, 2.05) is 13.8 Å². The zero-order valence-corrected chi connectivity index (χ0v) is 9.08. The third kappa shape index (κ3) is 2.87. The third-order valence-corrected chi connectivity index (χ3v) is 2.08. The van der Waals surface area contributed by atoms with E-state index in [1.165, 1.54) is 5.56 Å². The molecule has 0 aliphatic heterocycles.